The van der Waals surface area contributed by atoms with Crippen LogP contribution in [0.4, 0.5) is 5.82 Å². The molecule has 116 valence electrons. The molecule has 21 heavy (non-hydrogen) atoms. The molecule has 1 N–H and O–H groups in total. The smallest absolute Gasteiger partial charge is 0.225 e. The number of anilines is 1. The lowest BCUT2D eigenvalue weighted by Crippen LogP contribution is -2.48. The first-order chi connectivity index (χ1) is 9.79. The van der Waals surface area contributed by atoms with E-state index in [1.807, 2.05) is 27.7 Å². The Bertz CT molecular complexity index is 513. The van der Waals surface area contributed by atoms with Crippen molar-refractivity contribution in [1.82, 2.24) is 15.3 Å². The second kappa shape index (κ2) is 6.00. The van der Waals surface area contributed by atoms with Gasteiger partial charge in [0.1, 0.15) is 12.1 Å². The average molecular weight is 290 g/mol. The number of aryl methyl sites for hydroxylation is 1. The molecule has 5 nitrogen and oxygen atoms in total. The molecule has 0 bridgehead atoms. The van der Waals surface area contributed by atoms with Crippen LogP contribution in [0.25, 0.3) is 0 Å². The van der Waals surface area contributed by atoms with E-state index in [9.17, 15) is 4.79 Å². The fourth-order valence-electron chi connectivity index (χ4n) is 2.48. The Kier molecular flexibility index (Phi) is 4.49. The van der Waals surface area contributed by atoms with Gasteiger partial charge in [0.15, 0.2) is 0 Å². The van der Waals surface area contributed by atoms with Gasteiger partial charge in [0.25, 0.3) is 0 Å². The van der Waals surface area contributed by atoms with Crippen LogP contribution < -0.4 is 10.2 Å². The maximum absolute atomic E-state index is 12.0. The van der Waals surface area contributed by atoms with Gasteiger partial charge in [-0.15, -0.1) is 0 Å². The molecular formula is C16H26N4O. The van der Waals surface area contributed by atoms with Gasteiger partial charge in [-0.3, -0.25) is 4.79 Å². The lowest BCUT2D eigenvalue weighted by Gasteiger charge is -2.35. The number of nitrogens with zero attached hydrogens (tertiary/aromatic N) is 3. The Morgan fingerprint density at radius 3 is 2.43 bits per heavy atom. The van der Waals surface area contributed by atoms with E-state index in [1.54, 1.807) is 6.33 Å². The SMILES string of the molecule is Cc1ncnc(N2CCC(NC(=O)C(C)(C)C)CC2)c1C. The zero-order chi connectivity index (χ0) is 15.6. The van der Waals surface area contributed by atoms with Gasteiger partial charge >= 0.3 is 0 Å². The first kappa shape index (κ1) is 15.7. The largest absolute Gasteiger partial charge is 0.356 e. The molecule has 5 heteroatoms. The summed E-state index contributed by atoms with van der Waals surface area (Å²) in [7, 11) is 0. The van der Waals surface area contributed by atoms with E-state index in [0.29, 0.717) is 0 Å². The zero-order valence-corrected chi connectivity index (χ0v) is 13.7. The summed E-state index contributed by atoms with van der Waals surface area (Å²) in [5.41, 5.74) is 1.86. The summed E-state index contributed by atoms with van der Waals surface area (Å²) in [4.78, 5) is 23.0. The first-order valence-electron chi connectivity index (χ1n) is 7.63. The van der Waals surface area contributed by atoms with Crippen molar-refractivity contribution in [3.8, 4) is 0 Å². The van der Waals surface area contributed by atoms with Crippen LogP contribution in [0.1, 0.15) is 44.9 Å². The quantitative estimate of drug-likeness (QED) is 0.907. The number of hydrogen-bond donors (Lipinski definition) is 1. The van der Waals surface area contributed by atoms with E-state index in [4.69, 9.17) is 0 Å². The Balaban J connectivity index is 1.95. The number of rotatable bonds is 2. The van der Waals surface area contributed by atoms with Gasteiger partial charge in [-0.1, -0.05) is 20.8 Å². The van der Waals surface area contributed by atoms with Gasteiger partial charge < -0.3 is 10.2 Å². The molecule has 0 radical (unpaired) electrons. The molecule has 1 fully saturated rings. The number of carbonyl (C=O) groups is 1. The molecule has 0 spiro atoms. The Labute approximate surface area is 127 Å². The summed E-state index contributed by atoms with van der Waals surface area (Å²) in [5.74, 6) is 1.16. The molecule has 2 heterocycles. The fraction of sp³-hybridized carbons (Fsp3) is 0.688. The predicted octanol–water partition coefficient (Wildman–Crippen LogP) is 2.22. The normalized spacial score (nSPS) is 16.9. The lowest BCUT2D eigenvalue weighted by atomic mass is 9.94. The summed E-state index contributed by atoms with van der Waals surface area (Å²) < 4.78 is 0. The third-order valence-electron chi connectivity index (χ3n) is 4.12. The molecule has 1 saturated heterocycles. The lowest BCUT2D eigenvalue weighted by molar-refractivity contribution is -0.129. The van der Waals surface area contributed by atoms with Crippen LogP contribution in [0.2, 0.25) is 0 Å². The Morgan fingerprint density at radius 1 is 1.24 bits per heavy atom. The minimum atomic E-state index is -0.322. The first-order valence-corrected chi connectivity index (χ1v) is 7.63. The summed E-state index contributed by atoms with van der Waals surface area (Å²) >= 11 is 0. The molecule has 1 aromatic rings. The second-order valence-electron chi connectivity index (χ2n) is 6.89. The topological polar surface area (TPSA) is 58.1 Å². The highest BCUT2D eigenvalue weighted by Crippen LogP contribution is 2.23. The van der Waals surface area contributed by atoms with Gasteiger partial charge in [-0.25, -0.2) is 9.97 Å². The third kappa shape index (κ3) is 3.71. The van der Waals surface area contributed by atoms with Crippen molar-refractivity contribution >= 4 is 11.7 Å². The van der Waals surface area contributed by atoms with Crippen molar-refractivity contribution in [3.63, 3.8) is 0 Å². The van der Waals surface area contributed by atoms with Crippen LogP contribution in [0.5, 0.6) is 0 Å². The van der Waals surface area contributed by atoms with Gasteiger partial charge in [0, 0.05) is 35.8 Å². The van der Waals surface area contributed by atoms with Crippen LogP contribution in [0.15, 0.2) is 6.33 Å². The van der Waals surface area contributed by atoms with E-state index in [-0.39, 0.29) is 17.4 Å². The predicted molar refractivity (Wildman–Crippen MR) is 84.3 cm³/mol. The second-order valence-corrected chi connectivity index (χ2v) is 6.89. The average Bonchev–Trinajstić information content (AvgIpc) is 2.42. The monoisotopic (exact) mass is 290 g/mol. The molecule has 1 aliphatic rings. The van der Waals surface area contributed by atoms with Crippen LogP contribution in [-0.2, 0) is 4.79 Å². The van der Waals surface area contributed by atoms with Crippen LogP contribution in [-0.4, -0.2) is 35.0 Å². The molecule has 0 saturated carbocycles. The number of amides is 1. The Morgan fingerprint density at radius 2 is 1.86 bits per heavy atom. The third-order valence-corrected chi connectivity index (χ3v) is 4.12. The molecule has 2 rings (SSSR count). The number of piperidine rings is 1. The molecule has 1 amide bonds. The van der Waals surface area contributed by atoms with Crippen LogP contribution in [0.3, 0.4) is 0 Å². The van der Waals surface area contributed by atoms with E-state index in [0.717, 1.165) is 43.0 Å². The van der Waals surface area contributed by atoms with Crippen molar-refractivity contribution in [2.75, 3.05) is 18.0 Å². The van der Waals surface area contributed by atoms with E-state index in [2.05, 4.69) is 27.1 Å². The molecule has 0 aliphatic carbocycles. The van der Waals surface area contributed by atoms with Gasteiger partial charge in [0.05, 0.1) is 0 Å². The number of carbonyl (C=O) groups excluding carboxylic acids is 1. The molecule has 0 unspecified atom stereocenters. The minimum Gasteiger partial charge on any atom is -0.356 e. The molecule has 1 aromatic heterocycles. The van der Waals surface area contributed by atoms with Crippen LogP contribution in [0, 0.1) is 19.3 Å². The van der Waals surface area contributed by atoms with Gasteiger partial charge in [0.2, 0.25) is 5.91 Å². The van der Waals surface area contributed by atoms with Crippen LogP contribution >= 0.6 is 0 Å². The zero-order valence-electron chi connectivity index (χ0n) is 13.7. The van der Waals surface area contributed by atoms with E-state index >= 15 is 0 Å². The van der Waals surface area contributed by atoms with Crippen molar-refractivity contribution in [2.45, 2.75) is 53.5 Å². The molecular weight excluding hydrogens is 264 g/mol. The Hall–Kier alpha value is -1.65. The van der Waals surface area contributed by atoms with Crippen molar-refractivity contribution in [3.05, 3.63) is 17.6 Å². The summed E-state index contributed by atoms with van der Waals surface area (Å²) in [6, 6.07) is 0.274. The van der Waals surface area contributed by atoms with Crippen molar-refractivity contribution in [1.29, 1.82) is 0 Å². The van der Waals surface area contributed by atoms with E-state index in [1.165, 1.54) is 0 Å². The minimum absolute atomic E-state index is 0.134. The highest BCUT2D eigenvalue weighted by molar-refractivity contribution is 5.81. The summed E-state index contributed by atoms with van der Waals surface area (Å²) in [5, 5.41) is 3.16. The highest BCUT2D eigenvalue weighted by atomic mass is 16.2. The number of aromatic nitrogens is 2. The standard InChI is InChI=1S/C16H26N4O/c1-11-12(2)17-10-18-14(11)20-8-6-13(7-9-20)19-15(21)16(3,4)5/h10,13H,6-9H2,1-5H3,(H,19,21). The molecule has 0 aromatic carbocycles. The van der Waals surface area contributed by atoms with E-state index < -0.39 is 0 Å². The fourth-order valence-corrected chi connectivity index (χ4v) is 2.48. The highest BCUT2D eigenvalue weighted by Gasteiger charge is 2.27. The maximum atomic E-state index is 12.0. The summed E-state index contributed by atoms with van der Waals surface area (Å²) in [6.07, 6.45) is 3.56. The van der Waals surface area contributed by atoms with Gasteiger partial charge in [-0.2, -0.15) is 0 Å². The van der Waals surface area contributed by atoms with Crippen molar-refractivity contribution in [2.24, 2.45) is 5.41 Å². The maximum Gasteiger partial charge on any atom is 0.225 e. The summed E-state index contributed by atoms with van der Waals surface area (Å²) in [6.45, 7) is 11.8. The molecule has 1 aliphatic heterocycles. The molecule has 0 atom stereocenters. The van der Waals surface area contributed by atoms with Gasteiger partial charge in [-0.05, 0) is 26.7 Å². The van der Waals surface area contributed by atoms with Crippen molar-refractivity contribution < 1.29 is 4.79 Å². The number of nitrogens with one attached hydrogen (secondary N) is 1. The number of hydrogen-bond acceptors (Lipinski definition) is 4.